The Bertz CT molecular complexity index is 610. The van der Waals surface area contributed by atoms with Crippen LogP contribution in [-0.4, -0.2) is 29.4 Å². The Hall–Kier alpha value is -1.61. The zero-order valence-electron chi connectivity index (χ0n) is 11.4. The van der Waals surface area contributed by atoms with E-state index in [-0.39, 0.29) is 5.91 Å². The summed E-state index contributed by atoms with van der Waals surface area (Å²) >= 11 is 6.06. The van der Waals surface area contributed by atoms with Crippen LogP contribution in [-0.2, 0) is 0 Å². The fraction of sp³-hybridized carbons (Fsp3) is 0.333. The number of hydrogen-bond acceptors (Lipinski definition) is 2. The van der Waals surface area contributed by atoms with Gasteiger partial charge in [-0.25, -0.2) is 4.98 Å². The second-order valence-corrected chi connectivity index (χ2v) is 5.45. The number of hydrogen-bond donors (Lipinski definition) is 0. The molecule has 0 atom stereocenters. The van der Waals surface area contributed by atoms with E-state index in [1.54, 1.807) is 11.1 Å². The molecule has 4 heteroatoms. The summed E-state index contributed by atoms with van der Waals surface area (Å²) in [6, 6.07) is 7.57. The second-order valence-electron chi connectivity index (χ2n) is 5.09. The molecule has 1 aromatic carbocycles. The zero-order chi connectivity index (χ0) is 14.0. The summed E-state index contributed by atoms with van der Waals surface area (Å²) in [5, 5.41) is 2.09. The predicted molar refractivity (Wildman–Crippen MR) is 78.6 cm³/mol. The third kappa shape index (κ3) is 2.87. The number of amides is 1. The largest absolute Gasteiger partial charge is 0.341 e. The van der Waals surface area contributed by atoms with E-state index in [4.69, 9.17) is 11.6 Å². The van der Waals surface area contributed by atoms with Gasteiger partial charge in [0.25, 0.3) is 5.91 Å². The van der Waals surface area contributed by atoms with Gasteiger partial charge in [-0.05, 0) is 11.3 Å². The summed E-state index contributed by atoms with van der Waals surface area (Å²) in [6.07, 6.45) is 1.56. The molecule has 1 amide bonds. The van der Waals surface area contributed by atoms with E-state index in [0.29, 0.717) is 16.6 Å². The number of pyridine rings is 1. The van der Waals surface area contributed by atoms with Crippen LogP contribution in [0.15, 0.2) is 30.5 Å². The van der Waals surface area contributed by atoms with Gasteiger partial charge in [0.05, 0.1) is 5.56 Å². The molecule has 0 aliphatic rings. The van der Waals surface area contributed by atoms with Gasteiger partial charge in [-0.15, -0.1) is 0 Å². The number of benzene rings is 1. The fourth-order valence-electron chi connectivity index (χ4n) is 2.16. The molecular formula is C15H17ClN2O. The van der Waals surface area contributed by atoms with Crippen molar-refractivity contribution in [3.05, 3.63) is 41.2 Å². The molecule has 2 rings (SSSR count). The minimum atomic E-state index is -0.0194. The van der Waals surface area contributed by atoms with Gasteiger partial charge in [0.2, 0.25) is 0 Å². The molecule has 0 N–H and O–H groups in total. The maximum absolute atomic E-state index is 12.4. The van der Waals surface area contributed by atoms with E-state index in [1.165, 1.54) is 0 Å². The summed E-state index contributed by atoms with van der Waals surface area (Å²) in [4.78, 5) is 18.3. The zero-order valence-corrected chi connectivity index (χ0v) is 12.1. The van der Waals surface area contributed by atoms with Crippen LogP contribution in [0.5, 0.6) is 0 Å². The van der Waals surface area contributed by atoms with Crippen molar-refractivity contribution in [2.24, 2.45) is 5.92 Å². The highest BCUT2D eigenvalue weighted by Crippen LogP contribution is 2.25. The number of aromatic nitrogens is 1. The van der Waals surface area contributed by atoms with Gasteiger partial charge in [0.1, 0.15) is 5.15 Å². The van der Waals surface area contributed by atoms with Crippen LogP contribution < -0.4 is 0 Å². The maximum Gasteiger partial charge on any atom is 0.255 e. The van der Waals surface area contributed by atoms with Gasteiger partial charge in [-0.2, -0.15) is 0 Å². The van der Waals surface area contributed by atoms with E-state index in [9.17, 15) is 4.79 Å². The predicted octanol–water partition coefficient (Wildman–Crippen LogP) is 3.62. The Kier molecular flexibility index (Phi) is 4.05. The molecule has 0 fully saturated rings. The quantitative estimate of drug-likeness (QED) is 0.802. The summed E-state index contributed by atoms with van der Waals surface area (Å²) in [5.74, 6) is 0.412. The van der Waals surface area contributed by atoms with Crippen molar-refractivity contribution in [2.75, 3.05) is 13.6 Å². The third-order valence-corrected chi connectivity index (χ3v) is 3.26. The van der Waals surface area contributed by atoms with Crippen LogP contribution in [0.25, 0.3) is 10.8 Å². The number of carbonyl (C=O) groups excluding carboxylic acids is 1. The average molecular weight is 277 g/mol. The van der Waals surface area contributed by atoms with E-state index < -0.39 is 0 Å². The van der Waals surface area contributed by atoms with Crippen molar-refractivity contribution in [3.63, 3.8) is 0 Å². The Balaban J connectivity index is 2.46. The molecule has 100 valence electrons. The molecule has 0 aliphatic carbocycles. The summed E-state index contributed by atoms with van der Waals surface area (Å²) in [6.45, 7) is 4.89. The highest BCUT2D eigenvalue weighted by molar-refractivity contribution is 6.34. The molecule has 0 radical (unpaired) electrons. The monoisotopic (exact) mass is 276 g/mol. The van der Waals surface area contributed by atoms with E-state index in [2.05, 4.69) is 18.8 Å². The first-order chi connectivity index (χ1) is 9.00. The highest BCUT2D eigenvalue weighted by Gasteiger charge is 2.17. The van der Waals surface area contributed by atoms with Gasteiger partial charge in [0.15, 0.2) is 0 Å². The van der Waals surface area contributed by atoms with Crippen LogP contribution >= 0.6 is 11.6 Å². The Morgan fingerprint density at radius 3 is 2.58 bits per heavy atom. The lowest BCUT2D eigenvalue weighted by Gasteiger charge is -2.20. The Morgan fingerprint density at radius 2 is 1.95 bits per heavy atom. The van der Waals surface area contributed by atoms with Crippen LogP contribution in [0.4, 0.5) is 0 Å². The molecule has 2 aromatic rings. The maximum atomic E-state index is 12.4. The van der Waals surface area contributed by atoms with Gasteiger partial charge in [-0.1, -0.05) is 49.7 Å². The van der Waals surface area contributed by atoms with Crippen molar-refractivity contribution >= 4 is 28.3 Å². The first-order valence-corrected chi connectivity index (χ1v) is 6.67. The van der Waals surface area contributed by atoms with Gasteiger partial charge >= 0.3 is 0 Å². The number of carbonyl (C=O) groups is 1. The lowest BCUT2D eigenvalue weighted by molar-refractivity contribution is 0.0780. The smallest absolute Gasteiger partial charge is 0.255 e. The molecule has 0 bridgehead atoms. The Labute approximate surface area is 118 Å². The van der Waals surface area contributed by atoms with Crippen molar-refractivity contribution < 1.29 is 4.79 Å². The van der Waals surface area contributed by atoms with Gasteiger partial charge in [0, 0.05) is 25.2 Å². The summed E-state index contributed by atoms with van der Waals surface area (Å²) < 4.78 is 0. The minimum absolute atomic E-state index is 0.0194. The van der Waals surface area contributed by atoms with E-state index >= 15 is 0 Å². The van der Waals surface area contributed by atoms with Crippen LogP contribution in [0.2, 0.25) is 5.15 Å². The molecule has 1 aromatic heterocycles. The van der Waals surface area contributed by atoms with Crippen LogP contribution in [0, 0.1) is 5.92 Å². The number of rotatable bonds is 3. The second kappa shape index (κ2) is 5.57. The topological polar surface area (TPSA) is 33.2 Å². The third-order valence-electron chi connectivity index (χ3n) is 2.96. The first kappa shape index (κ1) is 13.8. The molecule has 1 heterocycles. The summed E-state index contributed by atoms with van der Waals surface area (Å²) in [7, 11) is 1.81. The number of halogens is 1. The van der Waals surface area contributed by atoms with Crippen LogP contribution in [0.3, 0.4) is 0 Å². The van der Waals surface area contributed by atoms with Gasteiger partial charge < -0.3 is 4.90 Å². The van der Waals surface area contributed by atoms with E-state index in [1.807, 2.05) is 31.3 Å². The Morgan fingerprint density at radius 1 is 1.32 bits per heavy atom. The first-order valence-electron chi connectivity index (χ1n) is 6.29. The SMILES string of the molecule is CC(C)CN(C)C(=O)c1cnc(Cl)c2ccccc12. The molecular weight excluding hydrogens is 260 g/mol. The lowest BCUT2D eigenvalue weighted by atomic mass is 10.1. The fourth-order valence-corrected chi connectivity index (χ4v) is 2.38. The minimum Gasteiger partial charge on any atom is -0.341 e. The average Bonchev–Trinajstić information content (AvgIpc) is 2.38. The molecule has 0 unspecified atom stereocenters. The standard InChI is InChI=1S/C15H17ClN2O/c1-10(2)9-18(3)15(19)13-8-17-14(16)12-7-5-4-6-11(12)13/h4-8,10H,9H2,1-3H3. The molecule has 0 saturated heterocycles. The molecule has 19 heavy (non-hydrogen) atoms. The highest BCUT2D eigenvalue weighted by atomic mass is 35.5. The molecule has 0 aliphatic heterocycles. The lowest BCUT2D eigenvalue weighted by Crippen LogP contribution is -2.30. The van der Waals surface area contributed by atoms with Gasteiger partial charge in [-0.3, -0.25) is 4.79 Å². The number of nitrogens with zero attached hydrogens (tertiary/aromatic N) is 2. The van der Waals surface area contributed by atoms with Crippen molar-refractivity contribution in [1.82, 2.24) is 9.88 Å². The van der Waals surface area contributed by atoms with Crippen molar-refractivity contribution in [2.45, 2.75) is 13.8 Å². The molecule has 3 nitrogen and oxygen atoms in total. The molecule has 0 spiro atoms. The normalized spacial score (nSPS) is 11.0. The number of fused-ring (bicyclic) bond motifs is 1. The van der Waals surface area contributed by atoms with Crippen molar-refractivity contribution in [1.29, 1.82) is 0 Å². The summed E-state index contributed by atoms with van der Waals surface area (Å²) in [5.41, 5.74) is 0.600. The van der Waals surface area contributed by atoms with Crippen molar-refractivity contribution in [3.8, 4) is 0 Å². The molecule has 0 saturated carbocycles. The van der Waals surface area contributed by atoms with E-state index in [0.717, 1.165) is 17.3 Å². The van der Waals surface area contributed by atoms with Crippen LogP contribution in [0.1, 0.15) is 24.2 Å².